The molecule has 3 rings (SSSR count). The molecule has 3 aromatic rings. The van der Waals surface area contributed by atoms with Crippen molar-refractivity contribution in [2.24, 2.45) is 5.10 Å². The summed E-state index contributed by atoms with van der Waals surface area (Å²) in [5.41, 5.74) is 4.65. The van der Waals surface area contributed by atoms with Gasteiger partial charge in [-0.05, 0) is 42.3 Å². The second-order valence-corrected chi connectivity index (χ2v) is 8.52. The van der Waals surface area contributed by atoms with Crippen LogP contribution in [0.4, 0.5) is 0 Å². The molecule has 7 nitrogen and oxygen atoms in total. The quantitative estimate of drug-likeness (QED) is 0.270. The molecule has 0 aliphatic carbocycles. The Bertz CT molecular complexity index is 1190. The molecule has 166 valence electrons. The van der Waals surface area contributed by atoms with Crippen LogP contribution in [0.3, 0.4) is 0 Å². The van der Waals surface area contributed by atoms with Gasteiger partial charge in [0.25, 0.3) is 5.91 Å². The minimum absolute atomic E-state index is 0.0145. The van der Waals surface area contributed by atoms with Gasteiger partial charge in [0.2, 0.25) is 0 Å². The monoisotopic (exact) mass is 492 g/mol. The molecule has 0 radical (unpaired) electrons. The number of rotatable bonds is 7. The summed E-state index contributed by atoms with van der Waals surface area (Å²) < 4.78 is 0. The van der Waals surface area contributed by atoms with Gasteiger partial charge in [-0.2, -0.15) is 5.10 Å². The van der Waals surface area contributed by atoms with E-state index in [1.165, 1.54) is 35.6 Å². The van der Waals surface area contributed by atoms with Crippen molar-refractivity contribution in [3.05, 3.63) is 74.6 Å². The fraction of sp³-hybridized carbons (Fsp3) is 0.136. The molecule has 0 spiro atoms. The number of halogens is 2. The topological polar surface area (TPSA) is 119 Å². The minimum Gasteiger partial charge on any atom is -0.506 e. The Morgan fingerprint density at radius 2 is 1.81 bits per heavy atom. The first-order chi connectivity index (χ1) is 15.2. The predicted molar refractivity (Wildman–Crippen MR) is 125 cm³/mol. The SMILES string of the molecule is C/C(=N/NC(=O)c1ccc(C(O)CC(=O)O)cc1)c1csc(-c2ccc(Cl)c(Cl)c2)c1O. The summed E-state index contributed by atoms with van der Waals surface area (Å²) in [5.74, 6) is -1.60. The normalized spacial score (nSPS) is 12.4. The van der Waals surface area contributed by atoms with E-state index in [0.717, 1.165) is 0 Å². The van der Waals surface area contributed by atoms with Crippen LogP contribution < -0.4 is 5.43 Å². The van der Waals surface area contributed by atoms with E-state index in [0.29, 0.717) is 37.3 Å². The minimum atomic E-state index is -1.16. The van der Waals surface area contributed by atoms with E-state index >= 15 is 0 Å². The number of aliphatic carboxylic acids is 1. The van der Waals surface area contributed by atoms with E-state index in [4.69, 9.17) is 28.3 Å². The number of nitrogens with zero attached hydrogens (tertiary/aromatic N) is 1. The maximum Gasteiger partial charge on any atom is 0.306 e. The molecule has 1 atom stereocenters. The van der Waals surface area contributed by atoms with E-state index in [-0.39, 0.29) is 11.3 Å². The summed E-state index contributed by atoms with van der Waals surface area (Å²) in [4.78, 5) is 23.6. The number of benzene rings is 2. The van der Waals surface area contributed by atoms with Crippen LogP contribution in [0.1, 0.15) is 40.9 Å². The molecule has 0 bridgehead atoms. The van der Waals surface area contributed by atoms with Gasteiger partial charge in [-0.25, -0.2) is 5.43 Å². The second-order valence-electron chi connectivity index (χ2n) is 6.83. The van der Waals surface area contributed by atoms with Crippen LogP contribution in [0.5, 0.6) is 5.75 Å². The largest absolute Gasteiger partial charge is 0.506 e. The molecule has 1 amide bonds. The van der Waals surface area contributed by atoms with Crippen LogP contribution in [0.15, 0.2) is 52.9 Å². The Morgan fingerprint density at radius 1 is 1.12 bits per heavy atom. The number of aromatic hydroxyl groups is 1. The molecule has 10 heteroatoms. The third kappa shape index (κ3) is 5.46. The van der Waals surface area contributed by atoms with Crippen LogP contribution >= 0.6 is 34.5 Å². The van der Waals surface area contributed by atoms with Gasteiger partial charge < -0.3 is 15.3 Å². The first-order valence-electron chi connectivity index (χ1n) is 9.28. The third-order valence-electron chi connectivity index (χ3n) is 4.59. The molecule has 2 aromatic carbocycles. The molecule has 32 heavy (non-hydrogen) atoms. The van der Waals surface area contributed by atoms with E-state index in [9.17, 15) is 19.8 Å². The lowest BCUT2D eigenvalue weighted by molar-refractivity contribution is -0.139. The van der Waals surface area contributed by atoms with Gasteiger partial charge in [0.1, 0.15) is 5.75 Å². The summed E-state index contributed by atoms with van der Waals surface area (Å²) in [6.45, 7) is 1.64. The summed E-state index contributed by atoms with van der Waals surface area (Å²) in [6, 6.07) is 10.9. The van der Waals surface area contributed by atoms with Gasteiger partial charge in [-0.1, -0.05) is 41.4 Å². The Labute approximate surface area is 197 Å². The van der Waals surface area contributed by atoms with Crippen molar-refractivity contribution in [2.75, 3.05) is 0 Å². The first-order valence-corrected chi connectivity index (χ1v) is 10.9. The number of carboxylic acid groups (broad SMARTS) is 1. The van der Waals surface area contributed by atoms with Gasteiger partial charge in [0, 0.05) is 10.9 Å². The number of carbonyl (C=O) groups is 2. The summed E-state index contributed by atoms with van der Waals surface area (Å²) >= 11 is 13.3. The average Bonchev–Trinajstić information content (AvgIpc) is 3.14. The molecule has 0 fully saturated rings. The number of aliphatic hydroxyl groups is 1. The lowest BCUT2D eigenvalue weighted by atomic mass is 10.0. The zero-order valence-electron chi connectivity index (χ0n) is 16.7. The Morgan fingerprint density at radius 3 is 2.44 bits per heavy atom. The summed E-state index contributed by atoms with van der Waals surface area (Å²) in [7, 11) is 0. The fourth-order valence-corrected chi connectivity index (χ4v) is 4.15. The van der Waals surface area contributed by atoms with Crippen molar-refractivity contribution in [3.63, 3.8) is 0 Å². The van der Waals surface area contributed by atoms with Gasteiger partial charge >= 0.3 is 5.97 Å². The molecule has 0 saturated heterocycles. The highest BCUT2D eigenvalue weighted by molar-refractivity contribution is 7.14. The molecular formula is C22H18Cl2N2O5S. The summed E-state index contributed by atoms with van der Waals surface area (Å²) in [6.07, 6.45) is -1.58. The molecule has 1 aromatic heterocycles. The van der Waals surface area contributed by atoms with Crippen molar-refractivity contribution in [1.82, 2.24) is 5.43 Å². The Kier molecular flexibility index (Phi) is 7.52. The van der Waals surface area contributed by atoms with E-state index in [2.05, 4.69) is 10.5 Å². The maximum atomic E-state index is 12.4. The second kappa shape index (κ2) is 10.1. The number of nitrogens with one attached hydrogen (secondary N) is 1. The van der Waals surface area contributed by atoms with E-state index in [1.54, 1.807) is 30.5 Å². The zero-order valence-corrected chi connectivity index (χ0v) is 19.0. The smallest absolute Gasteiger partial charge is 0.306 e. The van der Waals surface area contributed by atoms with E-state index in [1.807, 2.05) is 0 Å². The standard InChI is InChI=1S/C22H18Cl2N2O5S/c1-11(15-10-32-21(20(15)30)14-6-7-16(23)17(24)8-14)25-26-22(31)13-4-2-12(3-5-13)18(27)9-19(28)29/h2-8,10,18,27,30H,9H2,1H3,(H,26,31)(H,28,29)/b25-11-. The average molecular weight is 493 g/mol. The van der Waals surface area contributed by atoms with Crippen LogP contribution in [-0.4, -0.2) is 32.9 Å². The Balaban J connectivity index is 1.72. The number of hydrogen-bond donors (Lipinski definition) is 4. The Hall–Kier alpha value is -2.91. The van der Waals surface area contributed by atoms with Crippen molar-refractivity contribution >= 4 is 52.1 Å². The number of hydrazone groups is 1. The van der Waals surface area contributed by atoms with Crippen LogP contribution in [-0.2, 0) is 4.79 Å². The molecule has 0 saturated carbocycles. The van der Waals surface area contributed by atoms with Gasteiger partial charge in [-0.3, -0.25) is 9.59 Å². The first kappa shape index (κ1) is 23.7. The number of carbonyl (C=O) groups excluding carboxylic acids is 1. The lowest BCUT2D eigenvalue weighted by Crippen LogP contribution is -2.19. The lowest BCUT2D eigenvalue weighted by Gasteiger charge is -2.09. The number of hydrogen-bond acceptors (Lipinski definition) is 6. The van der Waals surface area contributed by atoms with Crippen molar-refractivity contribution < 1.29 is 24.9 Å². The van der Waals surface area contributed by atoms with Crippen molar-refractivity contribution in [2.45, 2.75) is 19.4 Å². The molecule has 0 aliphatic rings. The van der Waals surface area contributed by atoms with Crippen LogP contribution in [0.2, 0.25) is 10.0 Å². The number of thiophene rings is 1. The predicted octanol–water partition coefficient (Wildman–Crippen LogP) is 5.09. The highest BCUT2D eigenvalue weighted by Gasteiger charge is 2.16. The number of carboxylic acids is 1. The highest BCUT2D eigenvalue weighted by Crippen LogP contribution is 2.40. The molecule has 1 heterocycles. The number of amides is 1. The molecule has 1 unspecified atom stereocenters. The van der Waals surface area contributed by atoms with Crippen molar-refractivity contribution in [1.29, 1.82) is 0 Å². The highest BCUT2D eigenvalue weighted by atomic mass is 35.5. The van der Waals surface area contributed by atoms with Crippen LogP contribution in [0, 0.1) is 0 Å². The van der Waals surface area contributed by atoms with Gasteiger partial charge in [0.15, 0.2) is 0 Å². The fourth-order valence-electron chi connectivity index (χ4n) is 2.85. The molecular weight excluding hydrogens is 475 g/mol. The van der Waals surface area contributed by atoms with Crippen molar-refractivity contribution in [3.8, 4) is 16.2 Å². The number of aliphatic hydroxyl groups excluding tert-OH is 1. The molecule has 4 N–H and O–H groups in total. The van der Waals surface area contributed by atoms with Gasteiger partial charge in [0.05, 0.1) is 38.7 Å². The van der Waals surface area contributed by atoms with Crippen LogP contribution in [0.25, 0.3) is 10.4 Å². The maximum absolute atomic E-state index is 12.4. The molecule has 0 aliphatic heterocycles. The van der Waals surface area contributed by atoms with E-state index < -0.39 is 24.4 Å². The van der Waals surface area contributed by atoms with Gasteiger partial charge in [-0.15, -0.1) is 11.3 Å². The summed E-state index contributed by atoms with van der Waals surface area (Å²) in [5, 5.41) is 35.7. The zero-order chi connectivity index (χ0) is 23.4. The third-order valence-corrected chi connectivity index (χ3v) is 6.34.